The van der Waals surface area contributed by atoms with Crippen LogP contribution < -0.4 is 0 Å². The molecule has 0 radical (unpaired) electrons. The third-order valence-electron chi connectivity index (χ3n) is 5.18. The number of aliphatic hydroxyl groups is 1. The van der Waals surface area contributed by atoms with Crippen molar-refractivity contribution < 1.29 is 19.0 Å². The van der Waals surface area contributed by atoms with Gasteiger partial charge in [-0.15, -0.1) is 0 Å². The molecule has 152 valence electrons. The van der Waals surface area contributed by atoms with Gasteiger partial charge in [0.15, 0.2) is 6.29 Å². The number of benzene rings is 2. The lowest BCUT2D eigenvalue weighted by Crippen LogP contribution is -2.40. The van der Waals surface area contributed by atoms with Crippen LogP contribution in [0, 0.1) is 5.82 Å². The largest absolute Gasteiger partial charge is 0.387 e. The summed E-state index contributed by atoms with van der Waals surface area (Å²) in [6, 6.07) is 16.3. The zero-order valence-electron chi connectivity index (χ0n) is 16.5. The number of hydrogen-bond acceptors (Lipinski definition) is 4. The number of nitrogens with zero attached hydrogens (tertiary/aromatic N) is 1. The Morgan fingerprint density at radius 2 is 1.89 bits per heavy atom. The molecule has 28 heavy (non-hydrogen) atoms. The van der Waals surface area contributed by atoms with Gasteiger partial charge in [-0.2, -0.15) is 0 Å². The molecular weight excluding hydrogens is 357 g/mol. The van der Waals surface area contributed by atoms with Gasteiger partial charge in [-0.1, -0.05) is 42.5 Å². The minimum atomic E-state index is -0.697. The summed E-state index contributed by atoms with van der Waals surface area (Å²) >= 11 is 0. The zero-order valence-corrected chi connectivity index (χ0v) is 16.5. The highest BCUT2D eigenvalue weighted by atomic mass is 19.1. The number of rotatable bonds is 9. The van der Waals surface area contributed by atoms with Gasteiger partial charge in [0, 0.05) is 25.7 Å². The molecule has 0 amide bonds. The standard InChI is InChI=1S/C23H30FNO3/c1-18(17-28-23-9-5-6-14-27-23)25(15-19-7-3-2-4-8-19)16-22(26)20-10-12-21(24)13-11-20/h2-4,7-8,10-13,18,22-23,26H,5-6,9,14-17H2,1H3/t18-,22?,23?/m1/s1. The van der Waals surface area contributed by atoms with Crippen LogP contribution >= 0.6 is 0 Å². The molecule has 1 heterocycles. The van der Waals surface area contributed by atoms with Crippen LogP contribution in [-0.2, 0) is 16.0 Å². The van der Waals surface area contributed by atoms with Crippen molar-refractivity contribution in [1.82, 2.24) is 4.90 Å². The van der Waals surface area contributed by atoms with Crippen LogP contribution in [0.4, 0.5) is 4.39 Å². The third kappa shape index (κ3) is 6.38. The van der Waals surface area contributed by atoms with Crippen molar-refractivity contribution in [2.45, 2.75) is 51.2 Å². The van der Waals surface area contributed by atoms with Crippen molar-refractivity contribution >= 4 is 0 Å². The first kappa shape index (κ1) is 20.9. The Morgan fingerprint density at radius 3 is 2.57 bits per heavy atom. The molecule has 3 atom stereocenters. The van der Waals surface area contributed by atoms with E-state index in [4.69, 9.17) is 9.47 Å². The quantitative estimate of drug-likeness (QED) is 0.697. The molecule has 0 aliphatic carbocycles. The van der Waals surface area contributed by atoms with Gasteiger partial charge in [-0.3, -0.25) is 4.90 Å². The molecule has 2 unspecified atom stereocenters. The first-order valence-electron chi connectivity index (χ1n) is 10.1. The van der Waals surface area contributed by atoms with E-state index in [9.17, 15) is 9.50 Å². The molecule has 3 rings (SSSR count). The lowest BCUT2D eigenvalue weighted by Gasteiger charge is -2.32. The molecule has 2 aromatic rings. The summed E-state index contributed by atoms with van der Waals surface area (Å²) in [5.74, 6) is -0.300. The molecule has 5 heteroatoms. The zero-order chi connectivity index (χ0) is 19.8. The number of halogens is 1. The average Bonchev–Trinajstić information content (AvgIpc) is 2.73. The lowest BCUT2D eigenvalue weighted by molar-refractivity contribution is -0.170. The third-order valence-corrected chi connectivity index (χ3v) is 5.18. The second kappa shape index (κ2) is 10.7. The Morgan fingerprint density at radius 1 is 1.14 bits per heavy atom. The van der Waals surface area contributed by atoms with Crippen LogP contribution in [0.5, 0.6) is 0 Å². The smallest absolute Gasteiger partial charge is 0.157 e. The first-order valence-corrected chi connectivity index (χ1v) is 10.1. The average molecular weight is 387 g/mol. The van der Waals surface area contributed by atoms with Crippen LogP contribution in [0.3, 0.4) is 0 Å². The first-order chi connectivity index (χ1) is 13.6. The van der Waals surface area contributed by atoms with Crippen molar-refractivity contribution in [1.29, 1.82) is 0 Å². The van der Waals surface area contributed by atoms with E-state index in [1.807, 2.05) is 18.2 Å². The fraction of sp³-hybridized carbons (Fsp3) is 0.478. The second-order valence-corrected chi connectivity index (χ2v) is 7.46. The van der Waals surface area contributed by atoms with Crippen LogP contribution in [0.2, 0.25) is 0 Å². The highest BCUT2D eigenvalue weighted by molar-refractivity contribution is 5.19. The SMILES string of the molecule is C[C@H](COC1CCCCO1)N(Cc1ccccc1)CC(O)c1ccc(F)cc1. The maximum Gasteiger partial charge on any atom is 0.157 e. The Labute approximate surface area is 166 Å². The summed E-state index contributed by atoms with van der Waals surface area (Å²) in [5.41, 5.74) is 1.89. The van der Waals surface area contributed by atoms with Crippen LogP contribution in [0.1, 0.15) is 43.4 Å². The number of ether oxygens (including phenoxy) is 2. The van der Waals surface area contributed by atoms with Crippen LogP contribution in [0.15, 0.2) is 54.6 Å². The topological polar surface area (TPSA) is 41.9 Å². The van der Waals surface area contributed by atoms with Gasteiger partial charge >= 0.3 is 0 Å². The maximum absolute atomic E-state index is 13.2. The Hall–Kier alpha value is -1.79. The van der Waals surface area contributed by atoms with Gasteiger partial charge in [0.1, 0.15) is 5.82 Å². The van der Waals surface area contributed by atoms with Gasteiger partial charge in [-0.25, -0.2) is 4.39 Å². The van der Waals surface area contributed by atoms with E-state index in [0.29, 0.717) is 25.3 Å². The van der Waals surface area contributed by atoms with Crippen molar-refractivity contribution in [3.8, 4) is 0 Å². The van der Waals surface area contributed by atoms with E-state index in [0.717, 1.165) is 25.9 Å². The van der Waals surface area contributed by atoms with Gasteiger partial charge in [-0.05, 0) is 49.4 Å². The Kier molecular flexibility index (Phi) is 7.98. The molecule has 1 fully saturated rings. The van der Waals surface area contributed by atoms with E-state index in [-0.39, 0.29) is 18.1 Å². The molecule has 0 saturated carbocycles. The van der Waals surface area contributed by atoms with Gasteiger partial charge < -0.3 is 14.6 Å². The highest BCUT2D eigenvalue weighted by Crippen LogP contribution is 2.20. The Balaban J connectivity index is 1.63. The molecule has 1 saturated heterocycles. The lowest BCUT2D eigenvalue weighted by atomic mass is 10.1. The monoisotopic (exact) mass is 387 g/mol. The molecule has 1 aliphatic rings. The predicted molar refractivity (Wildman–Crippen MR) is 107 cm³/mol. The molecular formula is C23H30FNO3. The summed E-state index contributed by atoms with van der Waals surface area (Å²) in [7, 11) is 0. The van der Waals surface area contributed by atoms with Gasteiger partial charge in [0.25, 0.3) is 0 Å². The molecule has 0 spiro atoms. The van der Waals surface area contributed by atoms with E-state index >= 15 is 0 Å². The van der Waals surface area contributed by atoms with Gasteiger partial charge in [0.05, 0.1) is 12.7 Å². The molecule has 0 aromatic heterocycles. The maximum atomic E-state index is 13.2. The molecule has 2 aromatic carbocycles. The van der Waals surface area contributed by atoms with Crippen molar-refractivity contribution in [2.75, 3.05) is 19.8 Å². The molecule has 0 bridgehead atoms. The minimum Gasteiger partial charge on any atom is -0.387 e. The molecule has 1 aliphatic heterocycles. The summed E-state index contributed by atoms with van der Waals surface area (Å²) in [4.78, 5) is 2.20. The fourth-order valence-electron chi connectivity index (χ4n) is 3.43. The fourth-order valence-corrected chi connectivity index (χ4v) is 3.43. The summed E-state index contributed by atoms with van der Waals surface area (Å²) in [6.45, 7) is 4.54. The van der Waals surface area contributed by atoms with Gasteiger partial charge in [0.2, 0.25) is 0 Å². The van der Waals surface area contributed by atoms with Crippen LogP contribution in [0.25, 0.3) is 0 Å². The van der Waals surface area contributed by atoms with Crippen molar-refractivity contribution in [2.24, 2.45) is 0 Å². The summed E-state index contributed by atoms with van der Waals surface area (Å²) in [6.07, 6.45) is 2.34. The number of aliphatic hydroxyl groups excluding tert-OH is 1. The van der Waals surface area contributed by atoms with E-state index in [1.165, 1.54) is 17.7 Å². The minimum absolute atomic E-state index is 0.0980. The normalized spacial score (nSPS) is 19.5. The van der Waals surface area contributed by atoms with E-state index in [2.05, 4.69) is 24.0 Å². The van der Waals surface area contributed by atoms with Crippen LogP contribution in [-0.4, -0.2) is 42.1 Å². The van der Waals surface area contributed by atoms with Crippen molar-refractivity contribution in [3.05, 3.63) is 71.5 Å². The van der Waals surface area contributed by atoms with Crippen molar-refractivity contribution in [3.63, 3.8) is 0 Å². The summed E-state index contributed by atoms with van der Waals surface area (Å²) < 4.78 is 24.8. The molecule has 4 nitrogen and oxygen atoms in total. The van der Waals surface area contributed by atoms with E-state index in [1.54, 1.807) is 12.1 Å². The number of hydrogen-bond donors (Lipinski definition) is 1. The van der Waals surface area contributed by atoms with E-state index < -0.39 is 6.10 Å². The highest BCUT2D eigenvalue weighted by Gasteiger charge is 2.22. The summed E-state index contributed by atoms with van der Waals surface area (Å²) in [5, 5.41) is 10.7. The second-order valence-electron chi connectivity index (χ2n) is 7.46. The Bertz CT molecular complexity index is 689. The predicted octanol–water partition coefficient (Wildman–Crippen LogP) is 4.29. The molecule has 1 N–H and O–H groups in total.